The van der Waals surface area contributed by atoms with Crippen molar-refractivity contribution >= 4 is 17.9 Å². The summed E-state index contributed by atoms with van der Waals surface area (Å²) in [6, 6.07) is 7.56. The predicted octanol–water partition coefficient (Wildman–Crippen LogP) is 0.213. The van der Waals surface area contributed by atoms with Gasteiger partial charge in [0, 0.05) is 5.57 Å². The molecule has 0 aliphatic heterocycles. The molecule has 0 fully saturated rings. The second-order valence-electron chi connectivity index (χ2n) is 3.82. The Kier molecular flexibility index (Phi) is 2.48. The van der Waals surface area contributed by atoms with Gasteiger partial charge in [0.2, 0.25) is 11.8 Å². The summed E-state index contributed by atoms with van der Waals surface area (Å²) in [7, 11) is 0. The molecule has 1 aromatic rings. The number of benzene rings is 1. The molecule has 2 amide bonds. The normalized spacial score (nSPS) is 18.5. The van der Waals surface area contributed by atoms with Gasteiger partial charge in [-0.2, -0.15) is 0 Å². The standard InChI is InChI=1S/C12H12N2O2/c13-11(15)9-5-7-3-1-2-4-8(7)6-10(9)12(14)16/h1-5,10H,6H2,(H2,13,15)(H2,14,16). The van der Waals surface area contributed by atoms with Gasteiger partial charge in [-0.05, 0) is 23.6 Å². The van der Waals surface area contributed by atoms with Crippen LogP contribution in [0.2, 0.25) is 0 Å². The molecule has 0 aromatic heterocycles. The van der Waals surface area contributed by atoms with Crippen molar-refractivity contribution in [2.45, 2.75) is 6.42 Å². The van der Waals surface area contributed by atoms with Crippen molar-refractivity contribution in [1.29, 1.82) is 0 Å². The van der Waals surface area contributed by atoms with E-state index in [9.17, 15) is 9.59 Å². The van der Waals surface area contributed by atoms with Gasteiger partial charge in [-0.25, -0.2) is 0 Å². The van der Waals surface area contributed by atoms with E-state index < -0.39 is 17.7 Å². The lowest BCUT2D eigenvalue weighted by Crippen LogP contribution is -2.34. The number of primary amides is 2. The first-order chi connectivity index (χ1) is 7.59. The maximum absolute atomic E-state index is 11.3. The van der Waals surface area contributed by atoms with Gasteiger partial charge >= 0.3 is 0 Å². The number of nitrogens with two attached hydrogens (primary N) is 2. The van der Waals surface area contributed by atoms with Gasteiger partial charge in [0.25, 0.3) is 0 Å². The number of amides is 2. The summed E-state index contributed by atoms with van der Waals surface area (Å²) in [5.41, 5.74) is 12.7. The first-order valence-electron chi connectivity index (χ1n) is 4.98. The van der Waals surface area contributed by atoms with Gasteiger partial charge in [0.15, 0.2) is 0 Å². The van der Waals surface area contributed by atoms with Crippen molar-refractivity contribution in [3.63, 3.8) is 0 Å². The van der Waals surface area contributed by atoms with Crippen molar-refractivity contribution in [3.8, 4) is 0 Å². The van der Waals surface area contributed by atoms with E-state index in [0.717, 1.165) is 11.1 Å². The quantitative estimate of drug-likeness (QED) is 0.740. The Balaban J connectivity index is 2.51. The van der Waals surface area contributed by atoms with E-state index in [2.05, 4.69) is 0 Å². The molecule has 1 unspecified atom stereocenters. The van der Waals surface area contributed by atoms with Gasteiger partial charge < -0.3 is 11.5 Å². The van der Waals surface area contributed by atoms with Crippen LogP contribution < -0.4 is 11.5 Å². The molecule has 1 atom stereocenters. The highest BCUT2D eigenvalue weighted by atomic mass is 16.2. The Bertz CT molecular complexity index is 492. The Morgan fingerprint density at radius 1 is 1.19 bits per heavy atom. The summed E-state index contributed by atoms with van der Waals surface area (Å²) in [6.07, 6.45) is 2.09. The molecule has 0 bridgehead atoms. The molecule has 16 heavy (non-hydrogen) atoms. The minimum atomic E-state index is -0.604. The van der Waals surface area contributed by atoms with Gasteiger partial charge in [0.1, 0.15) is 0 Å². The summed E-state index contributed by atoms with van der Waals surface area (Å²) in [5, 5.41) is 0. The maximum Gasteiger partial charge on any atom is 0.245 e. The molecule has 2 rings (SSSR count). The summed E-state index contributed by atoms with van der Waals surface area (Å²) in [6.45, 7) is 0. The molecule has 4 N–H and O–H groups in total. The summed E-state index contributed by atoms with van der Waals surface area (Å²) < 4.78 is 0. The lowest BCUT2D eigenvalue weighted by molar-refractivity contribution is -0.123. The zero-order valence-electron chi connectivity index (χ0n) is 8.64. The van der Waals surface area contributed by atoms with E-state index in [1.165, 1.54) is 0 Å². The highest BCUT2D eigenvalue weighted by Gasteiger charge is 2.28. The third kappa shape index (κ3) is 1.69. The van der Waals surface area contributed by atoms with Crippen LogP contribution in [0.1, 0.15) is 11.1 Å². The van der Waals surface area contributed by atoms with Crippen LogP contribution in [0.3, 0.4) is 0 Å². The first kappa shape index (κ1) is 10.4. The summed E-state index contributed by atoms with van der Waals surface area (Å²) >= 11 is 0. The average Bonchev–Trinajstić information content (AvgIpc) is 2.27. The van der Waals surface area contributed by atoms with E-state index >= 15 is 0 Å². The van der Waals surface area contributed by atoms with Crippen LogP contribution in [0, 0.1) is 5.92 Å². The van der Waals surface area contributed by atoms with Crippen LogP contribution in [-0.2, 0) is 16.0 Å². The number of hydrogen-bond acceptors (Lipinski definition) is 2. The van der Waals surface area contributed by atoms with Gasteiger partial charge in [-0.3, -0.25) is 9.59 Å². The van der Waals surface area contributed by atoms with Crippen LogP contribution >= 0.6 is 0 Å². The molecule has 0 heterocycles. The van der Waals surface area contributed by atoms with E-state index in [-0.39, 0.29) is 0 Å². The van der Waals surface area contributed by atoms with Crippen molar-refractivity contribution < 1.29 is 9.59 Å². The number of carbonyl (C=O) groups excluding carboxylic acids is 2. The molecule has 1 aliphatic carbocycles. The Morgan fingerprint density at radius 2 is 1.88 bits per heavy atom. The van der Waals surface area contributed by atoms with Crippen LogP contribution in [0.25, 0.3) is 6.08 Å². The van der Waals surface area contributed by atoms with E-state index in [4.69, 9.17) is 11.5 Å². The van der Waals surface area contributed by atoms with Crippen molar-refractivity contribution in [2.24, 2.45) is 17.4 Å². The van der Waals surface area contributed by atoms with E-state index in [0.29, 0.717) is 12.0 Å². The van der Waals surface area contributed by atoms with Crippen molar-refractivity contribution in [3.05, 3.63) is 41.0 Å². The zero-order valence-corrected chi connectivity index (χ0v) is 8.64. The molecule has 1 aromatic carbocycles. The highest BCUT2D eigenvalue weighted by Crippen LogP contribution is 2.28. The SMILES string of the molecule is NC(=O)C1=Cc2ccccc2CC1C(N)=O. The Morgan fingerprint density at radius 3 is 2.50 bits per heavy atom. The molecule has 0 radical (unpaired) electrons. The fraction of sp³-hybridized carbons (Fsp3) is 0.167. The fourth-order valence-corrected chi connectivity index (χ4v) is 1.96. The molecule has 4 heteroatoms. The molecule has 82 valence electrons. The number of hydrogen-bond donors (Lipinski definition) is 2. The van der Waals surface area contributed by atoms with Crippen molar-refractivity contribution in [2.75, 3.05) is 0 Å². The van der Waals surface area contributed by atoms with Gasteiger partial charge in [-0.15, -0.1) is 0 Å². The second kappa shape index (κ2) is 3.81. The van der Waals surface area contributed by atoms with Crippen LogP contribution in [-0.4, -0.2) is 11.8 Å². The molecule has 4 nitrogen and oxygen atoms in total. The first-order valence-corrected chi connectivity index (χ1v) is 4.98. The number of rotatable bonds is 2. The van der Waals surface area contributed by atoms with Crippen LogP contribution in [0.15, 0.2) is 29.8 Å². The Labute approximate surface area is 92.9 Å². The average molecular weight is 216 g/mol. The van der Waals surface area contributed by atoms with Gasteiger partial charge in [-0.1, -0.05) is 24.3 Å². The molecular weight excluding hydrogens is 204 g/mol. The molecule has 0 spiro atoms. The maximum atomic E-state index is 11.3. The van der Waals surface area contributed by atoms with E-state index in [1.807, 2.05) is 24.3 Å². The third-order valence-electron chi connectivity index (χ3n) is 2.79. The Hall–Kier alpha value is -2.10. The largest absolute Gasteiger partial charge is 0.369 e. The molecule has 0 saturated carbocycles. The minimum Gasteiger partial charge on any atom is -0.369 e. The lowest BCUT2D eigenvalue weighted by atomic mass is 9.83. The molecule has 0 saturated heterocycles. The number of carbonyl (C=O) groups is 2. The smallest absolute Gasteiger partial charge is 0.245 e. The molecular formula is C12H12N2O2. The van der Waals surface area contributed by atoms with Crippen molar-refractivity contribution in [1.82, 2.24) is 0 Å². The summed E-state index contributed by atoms with van der Waals surface area (Å²) in [4.78, 5) is 22.5. The lowest BCUT2D eigenvalue weighted by Gasteiger charge is -2.21. The summed E-state index contributed by atoms with van der Waals surface area (Å²) in [5.74, 6) is -1.70. The van der Waals surface area contributed by atoms with Gasteiger partial charge in [0.05, 0.1) is 5.92 Å². The predicted molar refractivity (Wildman–Crippen MR) is 60.0 cm³/mol. The fourth-order valence-electron chi connectivity index (χ4n) is 1.96. The third-order valence-corrected chi connectivity index (χ3v) is 2.79. The highest BCUT2D eigenvalue weighted by molar-refractivity contribution is 6.03. The minimum absolute atomic E-state index is 0.297. The topological polar surface area (TPSA) is 86.2 Å². The zero-order chi connectivity index (χ0) is 11.7. The number of fused-ring (bicyclic) bond motifs is 1. The monoisotopic (exact) mass is 216 g/mol. The second-order valence-corrected chi connectivity index (χ2v) is 3.82. The van der Waals surface area contributed by atoms with E-state index in [1.54, 1.807) is 6.08 Å². The van der Waals surface area contributed by atoms with Crippen LogP contribution in [0.5, 0.6) is 0 Å². The van der Waals surface area contributed by atoms with Crippen LogP contribution in [0.4, 0.5) is 0 Å². The molecule has 1 aliphatic rings.